The molecule has 2 aromatic carbocycles. The maximum absolute atomic E-state index is 13.0. The lowest BCUT2D eigenvalue weighted by molar-refractivity contribution is 0.0950. The quantitative estimate of drug-likeness (QED) is 0.524. The van der Waals surface area contributed by atoms with Gasteiger partial charge >= 0.3 is 0 Å². The van der Waals surface area contributed by atoms with Gasteiger partial charge < -0.3 is 14.8 Å². The molecule has 0 aliphatic heterocycles. The molecular weight excluding hydrogens is 406 g/mol. The van der Waals surface area contributed by atoms with Crippen molar-refractivity contribution in [3.05, 3.63) is 81.8 Å². The van der Waals surface area contributed by atoms with Gasteiger partial charge in [0.1, 0.15) is 11.5 Å². The van der Waals surface area contributed by atoms with Gasteiger partial charge in [0, 0.05) is 23.2 Å². The summed E-state index contributed by atoms with van der Waals surface area (Å²) in [5.41, 5.74) is 7.61. The van der Waals surface area contributed by atoms with Crippen LogP contribution in [0.1, 0.15) is 61.8 Å². The van der Waals surface area contributed by atoms with Crippen molar-refractivity contribution in [2.75, 3.05) is 5.32 Å². The zero-order valence-electron chi connectivity index (χ0n) is 18.3. The minimum atomic E-state index is -0.503. The first-order chi connectivity index (χ1) is 15.4. The molecule has 0 unspecified atom stereocenters. The highest BCUT2D eigenvalue weighted by molar-refractivity contribution is 6.09. The van der Waals surface area contributed by atoms with Gasteiger partial charge in [-0.3, -0.25) is 9.59 Å². The SMILES string of the molecule is Cc1cccc(NC(=O)c2oc3c(c2C)/C(=N/NC(=O)c2ccccc2O)CCC3)c1C. The number of anilines is 1. The second-order valence-electron chi connectivity index (χ2n) is 7.93. The topological polar surface area (TPSA) is 104 Å². The third-order valence-electron chi connectivity index (χ3n) is 5.83. The Kier molecular flexibility index (Phi) is 5.81. The largest absolute Gasteiger partial charge is 0.507 e. The van der Waals surface area contributed by atoms with Crippen molar-refractivity contribution in [3.8, 4) is 5.75 Å². The van der Waals surface area contributed by atoms with Crippen LogP contribution in [-0.4, -0.2) is 22.6 Å². The summed E-state index contributed by atoms with van der Waals surface area (Å²) in [5, 5.41) is 17.1. The number of hydrogen-bond donors (Lipinski definition) is 3. The van der Waals surface area contributed by atoms with Crippen molar-refractivity contribution in [2.24, 2.45) is 5.10 Å². The van der Waals surface area contributed by atoms with E-state index in [0.717, 1.165) is 28.8 Å². The number of nitrogens with zero attached hydrogens (tertiary/aromatic N) is 1. The van der Waals surface area contributed by atoms with Gasteiger partial charge in [0.05, 0.1) is 11.3 Å². The van der Waals surface area contributed by atoms with Gasteiger partial charge in [-0.2, -0.15) is 5.10 Å². The summed E-state index contributed by atoms with van der Waals surface area (Å²) in [4.78, 5) is 25.4. The molecule has 0 radical (unpaired) electrons. The van der Waals surface area contributed by atoms with Crippen LogP contribution in [0.25, 0.3) is 0 Å². The molecule has 1 aromatic heterocycles. The molecule has 3 N–H and O–H groups in total. The molecule has 0 bridgehead atoms. The predicted molar refractivity (Wildman–Crippen MR) is 122 cm³/mol. The number of aryl methyl sites for hydroxylation is 2. The zero-order valence-corrected chi connectivity index (χ0v) is 18.3. The van der Waals surface area contributed by atoms with Crippen LogP contribution in [0.5, 0.6) is 5.75 Å². The summed E-state index contributed by atoms with van der Waals surface area (Å²) < 4.78 is 5.94. The molecule has 1 aliphatic carbocycles. The minimum Gasteiger partial charge on any atom is -0.507 e. The highest BCUT2D eigenvalue weighted by Crippen LogP contribution is 2.31. The lowest BCUT2D eigenvalue weighted by Crippen LogP contribution is -2.22. The minimum absolute atomic E-state index is 0.112. The number of aromatic hydroxyl groups is 1. The van der Waals surface area contributed by atoms with Gasteiger partial charge in [-0.15, -0.1) is 0 Å². The summed E-state index contributed by atoms with van der Waals surface area (Å²) in [7, 11) is 0. The smallest absolute Gasteiger partial charge is 0.291 e. The molecule has 1 aliphatic rings. The lowest BCUT2D eigenvalue weighted by atomic mass is 9.93. The second-order valence-corrected chi connectivity index (χ2v) is 7.93. The van der Waals surface area contributed by atoms with E-state index in [1.54, 1.807) is 12.1 Å². The van der Waals surface area contributed by atoms with Crippen LogP contribution < -0.4 is 10.7 Å². The number of phenols is 1. The molecule has 0 saturated carbocycles. The number of benzene rings is 2. The molecular formula is C25H25N3O4. The van der Waals surface area contributed by atoms with Crippen molar-refractivity contribution in [2.45, 2.75) is 40.0 Å². The first kappa shape index (κ1) is 21.4. The number of amides is 2. The second kappa shape index (κ2) is 8.70. The number of nitrogens with one attached hydrogen (secondary N) is 2. The fourth-order valence-electron chi connectivity index (χ4n) is 3.91. The molecule has 0 spiro atoms. The fraction of sp³-hybridized carbons (Fsp3) is 0.240. The van der Waals surface area contributed by atoms with Crippen molar-refractivity contribution in [3.63, 3.8) is 0 Å². The number of carbonyl (C=O) groups is 2. The van der Waals surface area contributed by atoms with Crippen LogP contribution >= 0.6 is 0 Å². The average molecular weight is 431 g/mol. The Balaban J connectivity index is 1.59. The summed E-state index contributed by atoms with van der Waals surface area (Å²) in [6.07, 6.45) is 2.13. The summed E-state index contributed by atoms with van der Waals surface area (Å²) >= 11 is 0. The monoisotopic (exact) mass is 431 g/mol. The van der Waals surface area contributed by atoms with E-state index in [2.05, 4.69) is 15.8 Å². The van der Waals surface area contributed by atoms with E-state index in [1.165, 1.54) is 12.1 Å². The van der Waals surface area contributed by atoms with Gasteiger partial charge in [-0.05, 0) is 62.9 Å². The van der Waals surface area contributed by atoms with Gasteiger partial charge in [-0.25, -0.2) is 5.43 Å². The fourth-order valence-corrected chi connectivity index (χ4v) is 3.91. The highest BCUT2D eigenvalue weighted by Gasteiger charge is 2.28. The number of para-hydroxylation sites is 1. The van der Waals surface area contributed by atoms with E-state index >= 15 is 0 Å². The van der Waals surface area contributed by atoms with E-state index in [9.17, 15) is 14.7 Å². The molecule has 164 valence electrons. The average Bonchev–Trinajstić information content (AvgIpc) is 3.13. The number of furan rings is 1. The molecule has 0 saturated heterocycles. The van der Waals surface area contributed by atoms with Gasteiger partial charge in [0.15, 0.2) is 5.76 Å². The van der Waals surface area contributed by atoms with Gasteiger partial charge in [0.2, 0.25) is 0 Å². The van der Waals surface area contributed by atoms with Crippen LogP contribution in [0.15, 0.2) is 52.0 Å². The molecule has 4 rings (SSSR count). The Morgan fingerprint density at radius 1 is 0.969 bits per heavy atom. The van der Waals surface area contributed by atoms with Crippen LogP contribution in [-0.2, 0) is 6.42 Å². The molecule has 2 amide bonds. The van der Waals surface area contributed by atoms with Crippen molar-refractivity contribution in [1.82, 2.24) is 5.43 Å². The number of hydrogen-bond acceptors (Lipinski definition) is 5. The number of carbonyl (C=O) groups excluding carboxylic acids is 2. The number of rotatable bonds is 4. The summed E-state index contributed by atoms with van der Waals surface area (Å²) in [6, 6.07) is 12.0. The van der Waals surface area contributed by atoms with E-state index < -0.39 is 5.91 Å². The first-order valence-electron chi connectivity index (χ1n) is 10.5. The third kappa shape index (κ3) is 4.01. The Labute approximate surface area is 186 Å². The van der Waals surface area contributed by atoms with E-state index in [-0.39, 0.29) is 23.0 Å². The van der Waals surface area contributed by atoms with E-state index in [4.69, 9.17) is 4.42 Å². The normalized spacial score (nSPS) is 14.2. The van der Waals surface area contributed by atoms with Crippen LogP contribution in [0, 0.1) is 20.8 Å². The summed E-state index contributed by atoms with van der Waals surface area (Å²) in [6.45, 7) is 5.78. The highest BCUT2D eigenvalue weighted by atomic mass is 16.4. The third-order valence-corrected chi connectivity index (χ3v) is 5.83. The van der Waals surface area contributed by atoms with Crippen molar-refractivity contribution >= 4 is 23.2 Å². The van der Waals surface area contributed by atoms with E-state index in [0.29, 0.717) is 29.9 Å². The molecule has 0 fully saturated rings. The number of hydrazone groups is 1. The van der Waals surface area contributed by atoms with Crippen LogP contribution in [0.2, 0.25) is 0 Å². The lowest BCUT2D eigenvalue weighted by Gasteiger charge is -2.13. The maximum Gasteiger partial charge on any atom is 0.291 e. The molecule has 7 nitrogen and oxygen atoms in total. The standard InChI is InChI=1S/C25H25N3O4/c1-14-8-6-10-18(15(14)2)26-25(31)23-16(3)22-19(11-7-13-21(22)32-23)27-28-24(30)17-9-4-5-12-20(17)29/h4-6,8-10,12,29H,7,11,13H2,1-3H3,(H,26,31)(H,28,30)/b27-19+. The van der Waals surface area contributed by atoms with E-state index in [1.807, 2.05) is 39.0 Å². The zero-order chi connectivity index (χ0) is 22.8. The first-order valence-corrected chi connectivity index (χ1v) is 10.5. The number of fused-ring (bicyclic) bond motifs is 1. The Morgan fingerprint density at radius 3 is 2.53 bits per heavy atom. The molecule has 1 heterocycles. The van der Waals surface area contributed by atoms with Gasteiger partial charge in [-0.1, -0.05) is 24.3 Å². The molecule has 0 atom stereocenters. The molecule has 3 aromatic rings. The number of phenolic OH excluding ortho intramolecular Hbond substituents is 1. The Morgan fingerprint density at radius 2 is 1.75 bits per heavy atom. The van der Waals surface area contributed by atoms with Crippen molar-refractivity contribution < 1.29 is 19.1 Å². The van der Waals surface area contributed by atoms with Crippen LogP contribution in [0.4, 0.5) is 5.69 Å². The van der Waals surface area contributed by atoms with Crippen LogP contribution in [0.3, 0.4) is 0 Å². The predicted octanol–water partition coefficient (Wildman–Crippen LogP) is 4.63. The molecule has 7 heteroatoms. The summed E-state index contributed by atoms with van der Waals surface area (Å²) in [5.74, 6) is 0.00679. The Bertz CT molecular complexity index is 1240. The molecule has 32 heavy (non-hydrogen) atoms. The van der Waals surface area contributed by atoms with Crippen molar-refractivity contribution in [1.29, 1.82) is 0 Å². The maximum atomic E-state index is 13.0. The Hall–Kier alpha value is -3.87. The van der Waals surface area contributed by atoms with Gasteiger partial charge in [0.25, 0.3) is 11.8 Å².